The normalized spacial score (nSPS) is 12.0. The first-order valence-corrected chi connectivity index (χ1v) is 9.37. The number of ketones is 2. The van der Waals surface area contributed by atoms with Crippen LogP contribution in [-0.2, 0) is 0 Å². The largest absolute Gasteiger partial charge is 0.293 e. The quantitative estimate of drug-likeness (QED) is 0.352. The molecular formula is C23H18Cl2O2. The van der Waals surface area contributed by atoms with Crippen LogP contribution in [0, 0.1) is 5.92 Å². The maximum Gasteiger partial charge on any atom is 0.174 e. The number of Topliss-reactive ketones (excluding diaryl/α,β-unsaturated/α-hetero) is 2. The van der Waals surface area contributed by atoms with Crippen molar-refractivity contribution < 1.29 is 9.59 Å². The van der Waals surface area contributed by atoms with Gasteiger partial charge in [-0.15, -0.1) is 0 Å². The zero-order valence-electron chi connectivity index (χ0n) is 14.7. The SMILES string of the molecule is CC(c1ccccc1)C(C(=O)c1ccc(Cl)cc1)C(=O)c1ccc(Cl)cc1. The molecule has 0 aliphatic heterocycles. The van der Waals surface area contributed by atoms with E-state index in [2.05, 4.69) is 0 Å². The van der Waals surface area contributed by atoms with Gasteiger partial charge in [0.1, 0.15) is 0 Å². The molecule has 136 valence electrons. The lowest BCUT2D eigenvalue weighted by molar-refractivity contribution is 0.0787. The third-order valence-electron chi connectivity index (χ3n) is 4.65. The Morgan fingerprint density at radius 2 is 1.07 bits per heavy atom. The van der Waals surface area contributed by atoms with E-state index in [0.29, 0.717) is 21.2 Å². The molecule has 1 unspecified atom stereocenters. The van der Waals surface area contributed by atoms with Gasteiger partial charge in [0.05, 0.1) is 5.92 Å². The first kappa shape index (κ1) is 19.3. The molecule has 4 heteroatoms. The van der Waals surface area contributed by atoms with Crippen LogP contribution in [0.2, 0.25) is 10.0 Å². The van der Waals surface area contributed by atoms with Gasteiger partial charge in [-0.25, -0.2) is 0 Å². The number of hydrogen-bond acceptors (Lipinski definition) is 2. The molecule has 27 heavy (non-hydrogen) atoms. The molecule has 3 aromatic carbocycles. The average Bonchev–Trinajstić information content (AvgIpc) is 2.69. The Morgan fingerprint density at radius 3 is 1.48 bits per heavy atom. The monoisotopic (exact) mass is 396 g/mol. The lowest BCUT2D eigenvalue weighted by Gasteiger charge is -2.22. The molecule has 0 amide bonds. The van der Waals surface area contributed by atoms with Crippen LogP contribution in [0.5, 0.6) is 0 Å². The lowest BCUT2D eigenvalue weighted by Crippen LogP contribution is -2.29. The molecule has 0 saturated carbocycles. The number of carbonyl (C=O) groups excluding carboxylic acids is 2. The minimum Gasteiger partial charge on any atom is -0.293 e. The van der Waals surface area contributed by atoms with E-state index in [4.69, 9.17) is 23.2 Å². The molecule has 3 rings (SSSR count). The molecule has 1 atom stereocenters. The van der Waals surface area contributed by atoms with Crippen molar-refractivity contribution in [3.8, 4) is 0 Å². The molecule has 3 aromatic rings. The predicted molar refractivity (Wildman–Crippen MR) is 110 cm³/mol. The van der Waals surface area contributed by atoms with Crippen molar-refractivity contribution in [1.29, 1.82) is 0 Å². The van der Waals surface area contributed by atoms with Crippen molar-refractivity contribution in [1.82, 2.24) is 0 Å². The highest BCUT2D eigenvalue weighted by Crippen LogP contribution is 2.31. The topological polar surface area (TPSA) is 34.1 Å². The first-order chi connectivity index (χ1) is 13.0. The zero-order valence-corrected chi connectivity index (χ0v) is 16.2. The molecule has 0 aliphatic carbocycles. The highest BCUT2D eigenvalue weighted by atomic mass is 35.5. The van der Waals surface area contributed by atoms with Crippen LogP contribution in [0.4, 0.5) is 0 Å². The van der Waals surface area contributed by atoms with E-state index in [1.54, 1.807) is 48.5 Å². The zero-order chi connectivity index (χ0) is 19.4. The smallest absolute Gasteiger partial charge is 0.174 e. The van der Waals surface area contributed by atoms with Crippen LogP contribution in [0.25, 0.3) is 0 Å². The molecule has 0 spiro atoms. The van der Waals surface area contributed by atoms with Crippen LogP contribution in [0.15, 0.2) is 78.9 Å². The van der Waals surface area contributed by atoms with Gasteiger partial charge in [-0.3, -0.25) is 9.59 Å². The summed E-state index contributed by atoms with van der Waals surface area (Å²) in [5.41, 5.74) is 1.87. The minimum atomic E-state index is -0.838. The van der Waals surface area contributed by atoms with Crippen LogP contribution in [0.1, 0.15) is 39.1 Å². The van der Waals surface area contributed by atoms with E-state index >= 15 is 0 Å². The standard InChI is InChI=1S/C23H18Cl2O2/c1-15(16-5-3-2-4-6-16)21(22(26)17-7-11-19(24)12-8-17)23(27)18-9-13-20(25)14-10-18/h2-15,21H,1H3. The van der Waals surface area contributed by atoms with Gasteiger partial charge in [0.25, 0.3) is 0 Å². The van der Waals surface area contributed by atoms with Crippen LogP contribution < -0.4 is 0 Å². The number of halogens is 2. The summed E-state index contributed by atoms with van der Waals surface area (Å²) >= 11 is 11.9. The second-order valence-corrected chi connectivity index (χ2v) is 7.29. The molecule has 0 aromatic heterocycles. The molecular weight excluding hydrogens is 379 g/mol. The van der Waals surface area contributed by atoms with Crippen LogP contribution in [0.3, 0.4) is 0 Å². The molecule has 0 aliphatic rings. The van der Waals surface area contributed by atoms with Gasteiger partial charge in [0.15, 0.2) is 11.6 Å². The Morgan fingerprint density at radius 1 is 0.667 bits per heavy atom. The van der Waals surface area contributed by atoms with E-state index in [0.717, 1.165) is 5.56 Å². The Bertz CT molecular complexity index is 875. The highest BCUT2D eigenvalue weighted by Gasteiger charge is 2.34. The maximum absolute atomic E-state index is 13.3. The molecule has 0 radical (unpaired) electrons. The van der Waals surface area contributed by atoms with Crippen molar-refractivity contribution >= 4 is 34.8 Å². The Labute approximate surface area is 168 Å². The molecule has 0 heterocycles. The summed E-state index contributed by atoms with van der Waals surface area (Å²) < 4.78 is 0. The van der Waals surface area contributed by atoms with Gasteiger partial charge in [-0.1, -0.05) is 60.5 Å². The molecule has 0 saturated heterocycles. The van der Waals surface area contributed by atoms with Gasteiger partial charge >= 0.3 is 0 Å². The van der Waals surface area contributed by atoms with E-state index in [1.807, 2.05) is 37.3 Å². The number of rotatable bonds is 6. The van der Waals surface area contributed by atoms with Gasteiger partial charge in [-0.2, -0.15) is 0 Å². The second-order valence-electron chi connectivity index (χ2n) is 6.42. The Kier molecular flexibility index (Phi) is 6.10. The minimum absolute atomic E-state index is 0.219. The third-order valence-corrected chi connectivity index (χ3v) is 5.15. The fourth-order valence-corrected chi connectivity index (χ4v) is 3.36. The number of hydrogen-bond donors (Lipinski definition) is 0. The summed E-state index contributed by atoms with van der Waals surface area (Å²) in [4.78, 5) is 26.5. The van der Waals surface area contributed by atoms with Gasteiger partial charge in [-0.05, 0) is 60.0 Å². The summed E-state index contributed by atoms with van der Waals surface area (Å²) in [5.74, 6) is -1.56. The second kappa shape index (κ2) is 8.51. The first-order valence-electron chi connectivity index (χ1n) is 8.62. The maximum atomic E-state index is 13.3. The summed E-state index contributed by atoms with van der Waals surface area (Å²) in [6.45, 7) is 1.90. The number of carbonyl (C=O) groups is 2. The van der Waals surface area contributed by atoms with Gasteiger partial charge in [0.2, 0.25) is 0 Å². The predicted octanol–water partition coefficient (Wildman–Crippen LogP) is 6.48. The van der Waals surface area contributed by atoms with Crippen LogP contribution in [-0.4, -0.2) is 11.6 Å². The summed E-state index contributed by atoms with van der Waals surface area (Å²) in [6, 6.07) is 22.8. The van der Waals surface area contributed by atoms with Crippen LogP contribution >= 0.6 is 23.2 Å². The van der Waals surface area contributed by atoms with Crippen molar-refractivity contribution in [2.24, 2.45) is 5.92 Å². The van der Waals surface area contributed by atoms with Crippen molar-refractivity contribution in [3.05, 3.63) is 106 Å². The Balaban J connectivity index is 2.02. The molecule has 2 nitrogen and oxygen atoms in total. The van der Waals surface area contributed by atoms with Crippen molar-refractivity contribution in [3.63, 3.8) is 0 Å². The summed E-state index contributed by atoms with van der Waals surface area (Å²) in [6.07, 6.45) is 0. The van der Waals surface area contributed by atoms with E-state index in [-0.39, 0.29) is 17.5 Å². The van der Waals surface area contributed by atoms with E-state index in [1.165, 1.54) is 0 Å². The fourth-order valence-electron chi connectivity index (χ4n) is 3.11. The van der Waals surface area contributed by atoms with Crippen molar-refractivity contribution in [2.75, 3.05) is 0 Å². The van der Waals surface area contributed by atoms with E-state index < -0.39 is 5.92 Å². The highest BCUT2D eigenvalue weighted by molar-refractivity contribution is 6.31. The Hall–Kier alpha value is -2.42. The van der Waals surface area contributed by atoms with E-state index in [9.17, 15) is 9.59 Å². The average molecular weight is 397 g/mol. The number of benzene rings is 3. The summed E-state index contributed by atoms with van der Waals surface area (Å²) in [7, 11) is 0. The fraction of sp³-hybridized carbons (Fsp3) is 0.130. The lowest BCUT2D eigenvalue weighted by atomic mass is 9.78. The van der Waals surface area contributed by atoms with Crippen molar-refractivity contribution in [2.45, 2.75) is 12.8 Å². The van der Waals surface area contributed by atoms with Gasteiger partial charge in [0, 0.05) is 21.2 Å². The third kappa shape index (κ3) is 4.47. The summed E-state index contributed by atoms with van der Waals surface area (Å²) in [5, 5.41) is 1.09. The molecule has 0 bridgehead atoms. The van der Waals surface area contributed by atoms with Gasteiger partial charge < -0.3 is 0 Å². The molecule has 0 fully saturated rings. The molecule has 0 N–H and O–H groups in total.